The molecule has 196 valence electrons. The maximum absolute atomic E-state index is 12.8. The zero-order chi connectivity index (χ0) is 25.2. The third kappa shape index (κ3) is 4.37. The van der Waals surface area contributed by atoms with Crippen LogP contribution >= 0.6 is 24.0 Å². The highest BCUT2D eigenvalue weighted by Crippen LogP contribution is 2.63. The van der Waals surface area contributed by atoms with Gasteiger partial charge in [0.15, 0.2) is 0 Å². The molecule has 2 amide bonds. The molecule has 1 aliphatic carbocycles. The van der Waals surface area contributed by atoms with Gasteiger partial charge < -0.3 is 14.8 Å². The second kappa shape index (κ2) is 9.54. The van der Waals surface area contributed by atoms with Crippen molar-refractivity contribution < 1.29 is 19.1 Å². The third-order valence-corrected chi connectivity index (χ3v) is 7.83. The van der Waals surface area contributed by atoms with Gasteiger partial charge >= 0.3 is 0 Å². The number of ether oxygens (including phenoxy) is 2. The Balaban J connectivity index is 0.00000280. The highest BCUT2D eigenvalue weighted by atomic mass is 35.5. The number of likely N-dealkylation sites (tertiary alicyclic amines) is 1. The summed E-state index contributed by atoms with van der Waals surface area (Å²) in [5.74, 6) is 0.114. The SMILES string of the molecule is Cc1cc(Cl)cc(-c2ncnn3cc(CN4C(=O)C5C(C4=O)C5(C)C)cc23)c1OC[C@H]1CNCCO1.Cl. The molecule has 3 aliphatic rings. The minimum Gasteiger partial charge on any atom is -0.490 e. The number of hydrogen-bond acceptors (Lipinski definition) is 7. The number of hydrogen-bond donors (Lipinski definition) is 1. The van der Waals surface area contributed by atoms with Crippen LogP contribution in [-0.2, 0) is 20.9 Å². The molecule has 37 heavy (non-hydrogen) atoms. The van der Waals surface area contributed by atoms with Crippen LogP contribution in [0.1, 0.15) is 25.0 Å². The van der Waals surface area contributed by atoms with E-state index in [1.54, 1.807) is 4.52 Å². The van der Waals surface area contributed by atoms with E-state index in [9.17, 15) is 9.59 Å². The summed E-state index contributed by atoms with van der Waals surface area (Å²) in [6, 6.07) is 5.61. The summed E-state index contributed by atoms with van der Waals surface area (Å²) >= 11 is 6.44. The summed E-state index contributed by atoms with van der Waals surface area (Å²) < 4.78 is 13.7. The van der Waals surface area contributed by atoms with Crippen molar-refractivity contribution in [2.24, 2.45) is 17.3 Å². The van der Waals surface area contributed by atoms with Gasteiger partial charge in [-0.15, -0.1) is 12.4 Å². The highest BCUT2D eigenvalue weighted by Gasteiger charge is 2.72. The second-order valence-corrected chi connectivity index (χ2v) is 10.9. The molecule has 3 atom stereocenters. The van der Waals surface area contributed by atoms with Crippen molar-refractivity contribution in [2.45, 2.75) is 33.4 Å². The van der Waals surface area contributed by atoms with Crippen LogP contribution in [0, 0.1) is 24.2 Å². The average molecular weight is 546 g/mol. The summed E-state index contributed by atoms with van der Waals surface area (Å²) in [5, 5.41) is 8.24. The number of piperidine rings is 1. The van der Waals surface area contributed by atoms with E-state index in [4.69, 9.17) is 21.1 Å². The maximum atomic E-state index is 12.8. The molecule has 2 aliphatic heterocycles. The Labute approximate surface area is 225 Å². The Hall–Kier alpha value is -2.72. The molecular formula is C26H29Cl2N5O4. The van der Waals surface area contributed by atoms with Gasteiger partial charge in [0.25, 0.3) is 0 Å². The van der Waals surface area contributed by atoms with Crippen LogP contribution in [0.15, 0.2) is 30.7 Å². The molecule has 3 fully saturated rings. The number of nitrogens with zero attached hydrogens (tertiary/aromatic N) is 4. The Kier molecular flexibility index (Phi) is 6.68. The number of carbonyl (C=O) groups is 2. The molecule has 0 bridgehead atoms. The second-order valence-electron chi connectivity index (χ2n) is 10.4. The van der Waals surface area contributed by atoms with Crippen LogP contribution in [0.5, 0.6) is 5.75 Å². The van der Waals surface area contributed by atoms with Crippen molar-refractivity contribution in [3.8, 4) is 17.0 Å². The highest BCUT2D eigenvalue weighted by molar-refractivity contribution is 6.31. The fourth-order valence-electron chi connectivity index (χ4n) is 5.62. The van der Waals surface area contributed by atoms with Crippen LogP contribution in [0.4, 0.5) is 0 Å². The van der Waals surface area contributed by atoms with Crippen LogP contribution in [0.3, 0.4) is 0 Å². The minimum atomic E-state index is -0.228. The van der Waals surface area contributed by atoms with Crippen LogP contribution in [-0.4, -0.2) is 63.7 Å². The molecule has 1 aromatic carbocycles. The van der Waals surface area contributed by atoms with E-state index in [0.29, 0.717) is 29.7 Å². The first-order valence-electron chi connectivity index (χ1n) is 12.2. The number of imide groups is 1. The van der Waals surface area contributed by atoms with E-state index in [1.165, 1.54) is 11.2 Å². The largest absolute Gasteiger partial charge is 0.490 e. The molecule has 11 heteroatoms. The number of rotatable bonds is 6. The standard InChI is InChI=1S/C26H28ClN5O4.ClH/c1-14-6-16(27)8-18(23(14)36-12-17-9-28-4-5-35-17)22-19-7-15(11-32(19)30-13-29-22)10-31-24(33)20-21(25(31)34)26(20,2)3;/h6-8,11,13,17,20-21,28H,4-5,9-10,12H2,1-3H3;1H/t17-,20?,21?;/m1./s1. The van der Waals surface area contributed by atoms with Gasteiger partial charge in [0.2, 0.25) is 11.8 Å². The fraction of sp³-hybridized carbons (Fsp3) is 0.462. The molecule has 0 radical (unpaired) electrons. The van der Waals surface area contributed by atoms with Gasteiger partial charge in [0.1, 0.15) is 30.5 Å². The first kappa shape index (κ1) is 25.9. The summed E-state index contributed by atoms with van der Waals surface area (Å²) in [6.07, 6.45) is 3.26. The number of nitrogens with one attached hydrogen (secondary N) is 1. The molecule has 6 rings (SSSR count). The number of amides is 2. The number of aryl methyl sites for hydroxylation is 1. The van der Waals surface area contributed by atoms with Gasteiger partial charge in [-0.05, 0) is 41.7 Å². The van der Waals surface area contributed by atoms with Crippen molar-refractivity contribution in [1.82, 2.24) is 24.8 Å². The van der Waals surface area contributed by atoms with E-state index in [2.05, 4.69) is 15.4 Å². The minimum absolute atomic E-state index is 0. The van der Waals surface area contributed by atoms with Crippen LogP contribution in [0.25, 0.3) is 16.8 Å². The van der Waals surface area contributed by atoms with Crippen molar-refractivity contribution in [3.63, 3.8) is 0 Å². The maximum Gasteiger partial charge on any atom is 0.233 e. The van der Waals surface area contributed by atoms with Gasteiger partial charge in [0.05, 0.1) is 30.5 Å². The molecule has 1 saturated carbocycles. The predicted octanol–water partition coefficient (Wildman–Crippen LogP) is 3.29. The van der Waals surface area contributed by atoms with Crippen LogP contribution in [0.2, 0.25) is 5.02 Å². The van der Waals surface area contributed by atoms with Gasteiger partial charge in [0, 0.05) is 29.9 Å². The summed E-state index contributed by atoms with van der Waals surface area (Å²) in [5.41, 5.74) is 3.60. The van der Waals surface area contributed by atoms with E-state index in [-0.39, 0.29) is 54.1 Å². The molecule has 4 heterocycles. The van der Waals surface area contributed by atoms with Crippen molar-refractivity contribution in [3.05, 3.63) is 46.9 Å². The van der Waals surface area contributed by atoms with E-state index in [0.717, 1.165) is 35.3 Å². The first-order valence-corrected chi connectivity index (χ1v) is 12.6. The smallest absolute Gasteiger partial charge is 0.233 e. The predicted molar refractivity (Wildman–Crippen MR) is 140 cm³/mol. The van der Waals surface area contributed by atoms with E-state index in [1.807, 2.05) is 45.2 Å². The Morgan fingerprint density at radius 2 is 1.97 bits per heavy atom. The molecule has 9 nitrogen and oxygen atoms in total. The monoisotopic (exact) mass is 545 g/mol. The number of morpholine rings is 1. The van der Waals surface area contributed by atoms with Crippen LogP contribution < -0.4 is 10.1 Å². The zero-order valence-electron chi connectivity index (χ0n) is 20.9. The van der Waals surface area contributed by atoms with Gasteiger partial charge in [-0.3, -0.25) is 14.5 Å². The lowest BCUT2D eigenvalue weighted by Gasteiger charge is -2.24. The summed E-state index contributed by atoms with van der Waals surface area (Å²) in [7, 11) is 0. The quantitative estimate of drug-likeness (QED) is 0.474. The third-order valence-electron chi connectivity index (χ3n) is 7.61. The lowest BCUT2D eigenvalue weighted by atomic mass is 10.0. The normalized spacial score (nSPS) is 24.2. The number of carbonyl (C=O) groups excluding carboxylic acids is 2. The first-order chi connectivity index (χ1) is 17.3. The topological polar surface area (TPSA) is 98.1 Å². The van der Waals surface area contributed by atoms with Gasteiger partial charge in [-0.2, -0.15) is 5.10 Å². The molecular weight excluding hydrogens is 517 g/mol. The van der Waals surface area contributed by atoms with Crippen molar-refractivity contribution >= 4 is 41.3 Å². The fourth-order valence-corrected chi connectivity index (χ4v) is 5.89. The molecule has 2 saturated heterocycles. The number of halogens is 2. The lowest BCUT2D eigenvalue weighted by molar-refractivity contribution is -0.143. The number of aromatic nitrogens is 3. The van der Waals surface area contributed by atoms with E-state index >= 15 is 0 Å². The van der Waals surface area contributed by atoms with E-state index < -0.39 is 0 Å². The van der Waals surface area contributed by atoms with Crippen molar-refractivity contribution in [1.29, 1.82) is 0 Å². The molecule has 1 N–H and O–H groups in total. The Morgan fingerprint density at radius 3 is 2.68 bits per heavy atom. The summed E-state index contributed by atoms with van der Waals surface area (Å²) in [6.45, 7) is 8.74. The molecule has 2 aromatic heterocycles. The van der Waals surface area contributed by atoms with Gasteiger partial charge in [-0.25, -0.2) is 9.50 Å². The summed E-state index contributed by atoms with van der Waals surface area (Å²) in [4.78, 5) is 31.6. The Bertz CT molecular complexity index is 1360. The molecule has 3 aromatic rings. The molecule has 0 spiro atoms. The van der Waals surface area contributed by atoms with Gasteiger partial charge in [-0.1, -0.05) is 25.4 Å². The lowest BCUT2D eigenvalue weighted by Crippen LogP contribution is -2.41. The van der Waals surface area contributed by atoms with Crippen molar-refractivity contribution in [2.75, 3.05) is 26.3 Å². The average Bonchev–Trinajstić information content (AvgIpc) is 3.10. The Morgan fingerprint density at radius 1 is 1.22 bits per heavy atom. The number of fused-ring (bicyclic) bond motifs is 2. The zero-order valence-corrected chi connectivity index (χ0v) is 22.4. The molecule has 2 unspecified atom stereocenters. The number of benzene rings is 1.